The average molecular weight is 670 g/mol. The lowest BCUT2D eigenvalue weighted by Crippen LogP contribution is -2.71. The lowest BCUT2D eigenvalue weighted by Gasteiger charge is -2.50. The van der Waals surface area contributed by atoms with E-state index >= 15 is 0 Å². The molecule has 2 aromatic heterocycles. The molecule has 2 aliphatic heterocycles. The van der Waals surface area contributed by atoms with Crippen molar-refractivity contribution < 1.29 is 38.5 Å². The van der Waals surface area contributed by atoms with Crippen molar-refractivity contribution in [3.63, 3.8) is 0 Å². The summed E-state index contributed by atoms with van der Waals surface area (Å²) in [5, 5.41) is 21.1. The molecular weight excluding hydrogens is 643 g/mol. The van der Waals surface area contributed by atoms with Gasteiger partial charge in [0.25, 0.3) is 11.8 Å². The average Bonchev–Trinajstić information content (AvgIpc) is 3.49. The number of carboxylic acid groups (broad SMARTS) is 1. The quantitative estimate of drug-likeness (QED) is 0.0920. The van der Waals surface area contributed by atoms with Crippen molar-refractivity contribution in [1.29, 1.82) is 0 Å². The number of nitrogens with zero attached hydrogens (tertiary/aromatic N) is 5. The Kier molecular flexibility index (Phi) is 9.60. The molecule has 4 heterocycles. The summed E-state index contributed by atoms with van der Waals surface area (Å²) in [5.41, 5.74) is 6.50. The van der Waals surface area contributed by atoms with Gasteiger partial charge in [-0.3, -0.25) is 19.3 Å². The van der Waals surface area contributed by atoms with E-state index < -0.39 is 29.2 Å². The molecule has 1 aromatic carbocycles. The van der Waals surface area contributed by atoms with Crippen LogP contribution in [0.3, 0.4) is 0 Å². The highest BCUT2D eigenvalue weighted by Crippen LogP contribution is 2.41. The van der Waals surface area contributed by atoms with E-state index in [2.05, 4.69) is 15.5 Å². The summed E-state index contributed by atoms with van der Waals surface area (Å²) in [4.78, 5) is 61.9. The van der Waals surface area contributed by atoms with Gasteiger partial charge in [0.1, 0.15) is 30.0 Å². The van der Waals surface area contributed by atoms with E-state index in [0.29, 0.717) is 22.6 Å². The van der Waals surface area contributed by atoms with Crippen LogP contribution < -0.4 is 30.6 Å². The number of carbonyl (C=O) groups excluding carboxylic acids is 4. The predicted octanol–water partition coefficient (Wildman–Crippen LogP) is -0.0237. The number of thioether (sulfide) groups is 2. The number of amides is 3. The molecule has 17 heteroatoms. The minimum atomic E-state index is -1.47. The van der Waals surface area contributed by atoms with Gasteiger partial charge in [-0.05, 0) is 29.8 Å². The number of carbonyl (C=O) groups is 4. The molecular formula is C28H27N7O7S3. The van der Waals surface area contributed by atoms with Gasteiger partial charge in [0.2, 0.25) is 12.4 Å². The molecule has 2 atom stereocenters. The Morgan fingerprint density at radius 3 is 2.53 bits per heavy atom. The second kappa shape index (κ2) is 13.6. The number of ether oxygens (including phenoxy) is 1. The van der Waals surface area contributed by atoms with Gasteiger partial charge in [0.05, 0.1) is 25.8 Å². The summed E-state index contributed by atoms with van der Waals surface area (Å²) in [7, 11) is 4.47. The Balaban J connectivity index is 1.23. The van der Waals surface area contributed by atoms with Crippen LogP contribution in [-0.4, -0.2) is 83.5 Å². The van der Waals surface area contributed by atoms with E-state index in [4.69, 9.17) is 15.3 Å². The number of hydrogen-bond donors (Lipinski definition) is 2. The molecule has 2 aliphatic rings. The lowest BCUT2D eigenvalue weighted by atomic mass is 10.0. The van der Waals surface area contributed by atoms with Crippen molar-refractivity contribution in [2.45, 2.75) is 16.3 Å². The van der Waals surface area contributed by atoms with E-state index in [1.165, 1.54) is 41.0 Å². The Morgan fingerprint density at radius 1 is 1.22 bits per heavy atom. The normalized spacial score (nSPS) is 17.7. The number of aromatic nitrogens is 2. The van der Waals surface area contributed by atoms with Crippen LogP contribution in [0.5, 0.6) is 5.75 Å². The summed E-state index contributed by atoms with van der Waals surface area (Å²) >= 11 is 3.83. The number of fused-ring (bicyclic) bond motifs is 1. The number of β-lactam (4-membered cyclic amide) rings is 1. The van der Waals surface area contributed by atoms with Crippen molar-refractivity contribution in [1.82, 2.24) is 15.2 Å². The zero-order valence-corrected chi connectivity index (χ0v) is 26.6. The van der Waals surface area contributed by atoms with E-state index in [1.54, 1.807) is 67.6 Å². The molecule has 0 aliphatic carbocycles. The summed E-state index contributed by atoms with van der Waals surface area (Å²) < 4.78 is 6.77. The zero-order chi connectivity index (χ0) is 32.2. The van der Waals surface area contributed by atoms with Crippen molar-refractivity contribution in [2.75, 3.05) is 43.5 Å². The number of methoxy groups -OCH3 is 1. The maximum Gasteiger partial charge on any atom is 0.308 e. The molecule has 0 unspecified atom stereocenters. The van der Waals surface area contributed by atoms with Crippen LogP contribution in [0.4, 0.5) is 5.13 Å². The molecule has 5 rings (SSSR count). The van der Waals surface area contributed by atoms with E-state index in [9.17, 15) is 24.3 Å². The third kappa shape index (κ3) is 6.59. The summed E-state index contributed by atoms with van der Waals surface area (Å²) in [6.45, 7) is 0. The maximum absolute atomic E-state index is 13.1. The molecule has 3 aromatic rings. The second-order valence-corrected chi connectivity index (χ2v) is 12.6. The number of pyridine rings is 1. The second-order valence-electron chi connectivity index (χ2n) is 9.55. The number of aliphatic carboxylic acids is 1. The maximum atomic E-state index is 13.1. The fourth-order valence-corrected chi connectivity index (χ4v) is 7.50. The third-order valence-corrected chi connectivity index (χ3v) is 9.97. The number of nitrogens with two attached hydrogens (primary N) is 1. The smallest absolute Gasteiger partial charge is 0.308 e. The molecule has 0 spiro atoms. The van der Waals surface area contributed by atoms with Gasteiger partial charge >= 0.3 is 5.91 Å². The van der Waals surface area contributed by atoms with Gasteiger partial charge in [0, 0.05) is 39.5 Å². The first-order chi connectivity index (χ1) is 21.6. The van der Waals surface area contributed by atoms with Crippen molar-refractivity contribution >= 4 is 69.4 Å². The van der Waals surface area contributed by atoms with Crippen molar-refractivity contribution in [3.05, 3.63) is 76.7 Å². The number of hydrogen-bond acceptors (Lipinski definition) is 13. The van der Waals surface area contributed by atoms with Crippen LogP contribution >= 0.6 is 34.9 Å². The Morgan fingerprint density at radius 2 is 1.93 bits per heavy atom. The minimum absolute atomic E-state index is 0.161. The molecule has 1 saturated heterocycles. The Bertz CT molecular complexity index is 1690. The highest BCUT2D eigenvalue weighted by Gasteiger charge is 2.53. The Hall–Kier alpha value is -4.61. The van der Waals surface area contributed by atoms with Crippen LogP contribution in [0.25, 0.3) is 0 Å². The van der Waals surface area contributed by atoms with Crippen molar-refractivity contribution in [3.8, 4) is 5.75 Å². The topological polar surface area (TPSA) is 183 Å². The number of carboxylic acids is 1. The number of benzene rings is 1. The molecule has 3 amide bonds. The molecule has 1 fully saturated rings. The van der Waals surface area contributed by atoms with Gasteiger partial charge in [-0.1, -0.05) is 9.83 Å². The van der Waals surface area contributed by atoms with Gasteiger partial charge in [-0.15, -0.1) is 39.9 Å². The van der Waals surface area contributed by atoms with Gasteiger partial charge in [0.15, 0.2) is 10.8 Å². The molecule has 14 nitrogen and oxygen atoms in total. The van der Waals surface area contributed by atoms with Crippen LogP contribution in [0, 0.1) is 0 Å². The molecule has 3 N–H and O–H groups in total. The fourth-order valence-electron chi connectivity index (χ4n) is 4.58. The number of nitrogen functional groups attached to an aromatic ring is 1. The molecule has 234 valence electrons. The first-order valence-corrected chi connectivity index (χ1v) is 16.1. The number of nitrogens with one attached hydrogen (secondary N) is 1. The van der Waals surface area contributed by atoms with Gasteiger partial charge in [-0.2, -0.15) is 0 Å². The number of thiazole rings is 1. The first kappa shape index (κ1) is 31.8. The highest BCUT2D eigenvalue weighted by atomic mass is 32.2. The SMILES string of the molecule is CO/N=C(\C(=O)N[C@@H]1C(=O)N2C(C(=O)[O-])=C(CSc3cc[n+](N(C)C(=O)c4ccc(OC)cc4)cc3)CS[C@H]12)c1csc(N)n1. The van der Waals surface area contributed by atoms with Gasteiger partial charge in [-0.25, -0.2) is 4.98 Å². The summed E-state index contributed by atoms with van der Waals surface area (Å²) in [6.07, 6.45) is 3.44. The zero-order valence-electron chi connectivity index (χ0n) is 24.2. The van der Waals surface area contributed by atoms with Crippen LogP contribution in [0.1, 0.15) is 16.1 Å². The van der Waals surface area contributed by atoms with Gasteiger partial charge < -0.3 is 30.5 Å². The number of rotatable bonds is 11. The largest absolute Gasteiger partial charge is 0.543 e. The predicted molar refractivity (Wildman–Crippen MR) is 166 cm³/mol. The van der Waals surface area contributed by atoms with E-state index in [1.807, 2.05) is 0 Å². The van der Waals surface area contributed by atoms with E-state index in [-0.39, 0.29) is 33.9 Å². The standard InChI is InChI=1S/C28H27N7O7S3/c1-33(24(37)15-4-6-17(41-2)7-5-15)34-10-8-18(9-11-34)43-12-16-13-44-26-21(25(38)35(26)22(16)27(39)40)31-23(36)20(32-42-3)19-14-45-28(29)30-19/h4-11,14,21,26H,12-13H2,1-3H3,(H3-,29,30,31,36,39,40)/b32-20-/t21-,26-/m1/s1. The monoisotopic (exact) mass is 669 g/mol. The molecule has 0 bridgehead atoms. The summed E-state index contributed by atoms with van der Waals surface area (Å²) in [6, 6.07) is 9.42. The van der Waals surface area contributed by atoms with Crippen LogP contribution in [0.15, 0.2) is 75.5 Å². The van der Waals surface area contributed by atoms with Crippen molar-refractivity contribution in [2.24, 2.45) is 5.16 Å². The first-order valence-electron chi connectivity index (χ1n) is 13.2. The number of oxime groups is 1. The fraction of sp³-hybridized carbons (Fsp3) is 0.250. The molecule has 0 radical (unpaired) electrons. The summed E-state index contributed by atoms with van der Waals surface area (Å²) in [5.74, 6) is -1.74. The lowest BCUT2D eigenvalue weighted by molar-refractivity contribution is -0.679. The molecule has 0 saturated carbocycles. The van der Waals surface area contributed by atoms with Crippen LogP contribution in [0.2, 0.25) is 0 Å². The Labute approximate surface area is 269 Å². The minimum Gasteiger partial charge on any atom is -0.543 e. The molecule has 45 heavy (non-hydrogen) atoms. The van der Waals surface area contributed by atoms with E-state index in [0.717, 1.165) is 21.1 Å². The highest BCUT2D eigenvalue weighted by molar-refractivity contribution is 8.01. The number of anilines is 1. The van der Waals surface area contributed by atoms with Crippen LogP contribution in [-0.2, 0) is 19.2 Å². The third-order valence-electron chi connectivity index (χ3n) is 6.86.